The average Bonchev–Trinajstić information content (AvgIpc) is 2.88. The molecular formula is C18H16FNO2. The average molecular weight is 297 g/mol. The number of anilines is 1. The van der Waals surface area contributed by atoms with Crippen LogP contribution in [0.2, 0.25) is 0 Å². The summed E-state index contributed by atoms with van der Waals surface area (Å²) in [5.74, 6) is -0.0199. The molecule has 0 saturated carbocycles. The lowest BCUT2D eigenvalue weighted by atomic mass is 10.1. The first-order valence-electron chi connectivity index (χ1n) is 7.04. The Balaban J connectivity index is 1.93. The van der Waals surface area contributed by atoms with Crippen LogP contribution in [0.1, 0.15) is 23.0 Å². The van der Waals surface area contributed by atoms with Crippen molar-refractivity contribution >= 4 is 22.4 Å². The quantitative estimate of drug-likeness (QED) is 0.669. The smallest absolute Gasteiger partial charge is 0.164 e. The van der Waals surface area contributed by atoms with Crippen molar-refractivity contribution in [1.82, 2.24) is 0 Å². The van der Waals surface area contributed by atoms with E-state index in [1.807, 2.05) is 42.3 Å². The van der Waals surface area contributed by atoms with Gasteiger partial charge in [0, 0.05) is 12.4 Å². The van der Waals surface area contributed by atoms with Crippen LogP contribution in [0.4, 0.5) is 10.1 Å². The number of carbonyl (C=O) groups excluding carboxylic acids is 1. The molecule has 22 heavy (non-hydrogen) atoms. The number of benzene rings is 2. The fraction of sp³-hybridized carbons (Fsp3) is 0.167. The Morgan fingerprint density at radius 3 is 2.68 bits per heavy atom. The Kier molecular flexibility index (Phi) is 3.67. The second kappa shape index (κ2) is 5.64. The predicted octanol–water partition coefficient (Wildman–Crippen LogP) is 4.41. The van der Waals surface area contributed by atoms with Crippen molar-refractivity contribution in [2.45, 2.75) is 13.5 Å². The van der Waals surface area contributed by atoms with Gasteiger partial charge in [0.05, 0.1) is 17.8 Å². The van der Waals surface area contributed by atoms with Gasteiger partial charge < -0.3 is 9.32 Å². The predicted molar refractivity (Wildman–Crippen MR) is 84.7 cm³/mol. The molecule has 0 N–H and O–H groups in total. The molecule has 0 aliphatic carbocycles. The zero-order valence-corrected chi connectivity index (χ0v) is 12.5. The number of para-hydroxylation sites is 1. The number of nitrogens with zero attached hydrogens (tertiary/aromatic N) is 1. The van der Waals surface area contributed by atoms with Gasteiger partial charge in [-0.15, -0.1) is 0 Å². The summed E-state index contributed by atoms with van der Waals surface area (Å²) in [7, 11) is 1.81. The second-order valence-corrected chi connectivity index (χ2v) is 5.30. The maximum atomic E-state index is 13.9. The van der Waals surface area contributed by atoms with Gasteiger partial charge in [-0.3, -0.25) is 4.79 Å². The van der Waals surface area contributed by atoms with Gasteiger partial charge in [-0.25, -0.2) is 4.39 Å². The minimum Gasteiger partial charge on any atom is -0.459 e. The fourth-order valence-corrected chi connectivity index (χ4v) is 2.61. The van der Waals surface area contributed by atoms with E-state index < -0.39 is 5.82 Å². The van der Waals surface area contributed by atoms with E-state index in [0.29, 0.717) is 12.2 Å². The highest BCUT2D eigenvalue weighted by Gasteiger charge is 2.17. The van der Waals surface area contributed by atoms with E-state index in [0.717, 1.165) is 16.7 Å². The van der Waals surface area contributed by atoms with E-state index in [4.69, 9.17) is 4.42 Å². The molecule has 0 radical (unpaired) electrons. The Bertz CT molecular complexity index is 805. The van der Waals surface area contributed by atoms with Crippen molar-refractivity contribution < 1.29 is 13.6 Å². The second-order valence-electron chi connectivity index (χ2n) is 5.30. The number of fused-ring (bicyclic) bond motifs is 1. The molecule has 0 bridgehead atoms. The molecule has 0 atom stereocenters. The number of Topliss-reactive ketones (excluding diaryl/α,β-unsaturated/α-hetero) is 1. The molecular weight excluding hydrogens is 281 g/mol. The largest absolute Gasteiger partial charge is 0.459 e. The van der Waals surface area contributed by atoms with E-state index >= 15 is 0 Å². The van der Waals surface area contributed by atoms with Crippen LogP contribution in [0.5, 0.6) is 0 Å². The zero-order valence-electron chi connectivity index (χ0n) is 12.5. The highest BCUT2D eigenvalue weighted by molar-refractivity contribution is 6.00. The van der Waals surface area contributed by atoms with Crippen LogP contribution < -0.4 is 4.90 Å². The number of hydrogen-bond acceptors (Lipinski definition) is 3. The van der Waals surface area contributed by atoms with E-state index in [1.54, 1.807) is 12.1 Å². The Hall–Kier alpha value is -2.62. The minimum absolute atomic E-state index is 0.112. The molecule has 0 amide bonds. The number of rotatable bonds is 4. The van der Waals surface area contributed by atoms with Crippen molar-refractivity contribution in [2.75, 3.05) is 11.9 Å². The summed E-state index contributed by atoms with van der Waals surface area (Å²) in [5.41, 5.74) is 1.49. The van der Waals surface area contributed by atoms with Gasteiger partial charge in [0.25, 0.3) is 0 Å². The Morgan fingerprint density at radius 2 is 1.95 bits per heavy atom. The molecule has 0 unspecified atom stereocenters. The van der Waals surface area contributed by atoms with Gasteiger partial charge in [0.15, 0.2) is 5.78 Å². The molecule has 0 fully saturated rings. The first kappa shape index (κ1) is 14.3. The standard InChI is InChI=1S/C18H16FNO2/c1-12(21)18-15(19)7-5-8-16(18)20(2)11-14-10-13-6-3-4-9-17(13)22-14/h3-10H,11H2,1-2H3. The van der Waals surface area contributed by atoms with Gasteiger partial charge in [-0.1, -0.05) is 24.3 Å². The molecule has 0 spiro atoms. The van der Waals surface area contributed by atoms with Crippen LogP contribution in [0.25, 0.3) is 11.0 Å². The first-order valence-corrected chi connectivity index (χ1v) is 7.04. The topological polar surface area (TPSA) is 33.5 Å². The summed E-state index contributed by atoms with van der Waals surface area (Å²) >= 11 is 0. The molecule has 3 nitrogen and oxygen atoms in total. The van der Waals surface area contributed by atoms with Gasteiger partial charge in [0.2, 0.25) is 0 Å². The minimum atomic E-state index is -0.499. The summed E-state index contributed by atoms with van der Waals surface area (Å²) in [4.78, 5) is 13.5. The summed E-state index contributed by atoms with van der Waals surface area (Å²) in [6.07, 6.45) is 0. The maximum Gasteiger partial charge on any atom is 0.164 e. The van der Waals surface area contributed by atoms with E-state index in [1.165, 1.54) is 13.0 Å². The number of hydrogen-bond donors (Lipinski definition) is 0. The van der Waals surface area contributed by atoms with Crippen molar-refractivity contribution in [2.24, 2.45) is 0 Å². The molecule has 0 aliphatic heterocycles. The van der Waals surface area contributed by atoms with Gasteiger partial charge in [0.1, 0.15) is 17.2 Å². The van der Waals surface area contributed by atoms with Crippen LogP contribution in [-0.2, 0) is 6.54 Å². The van der Waals surface area contributed by atoms with E-state index in [2.05, 4.69) is 0 Å². The zero-order chi connectivity index (χ0) is 15.7. The highest BCUT2D eigenvalue weighted by atomic mass is 19.1. The molecule has 2 aromatic carbocycles. The molecule has 3 aromatic rings. The molecule has 0 saturated heterocycles. The summed E-state index contributed by atoms with van der Waals surface area (Å²) in [6.45, 7) is 1.83. The van der Waals surface area contributed by atoms with Crippen molar-refractivity contribution in [3.8, 4) is 0 Å². The van der Waals surface area contributed by atoms with Crippen LogP contribution in [0.15, 0.2) is 52.9 Å². The summed E-state index contributed by atoms with van der Waals surface area (Å²) in [5, 5.41) is 1.02. The third-order valence-corrected chi connectivity index (χ3v) is 3.62. The van der Waals surface area contributed by atoms with Crippen LogP contribution in [-0.4, -0.2) is 12.8 Å². The van der Waals surface area contributed by atoms with Gasteiger partial charge in [-0.2, -0.15) is 0 Å². The van der Waals surface area contributed by atoms with Gasteiger partial charge >= 0.3 is 0 Å². The Morgan fingerprint density at radius 1 is 1.18 bits per heavy atom. The molecule has 3 rings (SSSR count). The van der Waals surface area contributed by atoms with Crippen LogP contribution >= 0.6 is 0 Å². The Labute approximate surface area is 128 Å². The molecule has 1 heterocycles. The summed E-state index contributed by atoms with van der Waals surface area (Å²) < 4.78 is 19.7. The summed E-state index contributed by atoms with van der Waals surface area (Å²) in [6, 6.07) is 14.3. The third kappa shape index (κ3) is 2.60. The maximum absolute atomic E-state index is 13.9. The van der Waals surface area contributed by atoms with Crippen LogP contribution in [0, 0.1) is 5.82 Å². The molecule has 1 aromatic heterocycles. The van der Waals surface area contributed by atoms with Crippen LogP contribution in [0.3, 0.4) is 0 Å². The highest BCUT2D eigenvalue weighted by Crippen LogP contribution is 2.26. The molecule has 112 valence electrons. The normalized spacial score (nSPS) is 10.9. The fourth-order valence-electron chi connectivity index (χ4n) is 2.61. The van der Waals surface area contributed by atoms with Crippen molar-refractivity contribution in [3.05, 3.63) is 65.7 Å². The lowest BCUT2D eigenvalue weighted by molar-refractivity contribution is 0.101. The number of carbonyl (C=O) groups is 1. The number of halogens is 1. The van der Waals surface area contributed by atoms with E-state index in [9.17, 15) is 9.18 Å². The lowest BCUT2D eigenvalue weighted by Crippen LogP contribution is -2.19. The number of furan rings is 1. The number of ketones is 1. The first-order chi connectivity index (χ1) is 10.6. The van der Waals surface area contributed by atoms with Crippen molar-refractivity contribution in [1.29, 1.82) is 0 Å². The van der Waals surface area contributed by atoms with Crippen molar-refractivity contribution in [3.63, 3.8) is 0 Å². The molecule has 4 heteroatoms. The SMILES string of the molecule is CC(=O)c1c(F)cccc1N(C)Cc1cc2ccccc2o1. The monoisotopic (exact) mass is 297 g/mol. The third-order valence-electron chi connectivity index (χ3n) is 3.62. The van der Waals surface area contributed by atoms with Gasteiger partial charge in [-0.05, 0) is 31.2 Å². The molecule has 0 aliphatic rings. The lowest BCUT2D eigenvalue weighted by Gasteiger charge is -2.20. The van der Waals surface area contributed by atoms with E-state index in [-0.39, 0.29) is 11.3 Å².